The van der Waals surface area contributed by atoms with Gasteiger partial charge in [-0.2, -0.15) is 5.10 Å². The van der Waals surface area contributed by atoms with Crippen molar-refractivity contribution in [3.05, 3.63) is 42.0 Å². The highest BCUT2D eigenvalue weighted by molar-refractivity contribution is 5.51. The van der Waals surface area contributed by atoms with E-state index in [2.05, 4.69) is 40.3 Å². The minimum Gasteiger partial charge on any atom is -0.369 e. The molecule has 2 rings (SSSR count). The van der Waals surface area contributed by atoms with Crippen molar-refractivity contribution in [2.45, 2.75) is 20.0 Å². The van der Waals surface area contributed by atoms with Crippen molar-refractivity contribution in [2.24, 2.45) is 7.05 Å². The van der Waals surface area contributed by atoms with E-state index in [0.29, 0.717) is 0 Å². The first-order chi connectivity index (χ1) is 9.20. The number of hydrogen-bond donors (Lipinski definition) is 1. The van der Waals surface area contributed by atoms with Crippen molar-refractivity contribution in [3.8, 4) is 0 Å². The van der Waals surface area contributed by atoms with Crippen LogP contribution in [0.5, 0.6) is 0 Å². The van der Waals surface area contributed by atoms with Gasteiger partial charge in [0.1, 0.15) is 0 Å². The number of aromatic nitrogens is 3. The van der Waals surface area contributed by atoms with Gasteiger partial charge in [0.25, 0.3) is 0 Å². The van der Waals surface area contributed by atoms with Gasteiger partial charge in [-0.15, -0.1) is 0 Å². The molecule has 0 spiro atoms. The monoisotopic (exact) mass is 259 g/mol. The lowest BCUT2D eigenvalue weighted by Gasteiger charge is -2.21. The van der Waals surface area contributed by atoms with E-state index in [1.807, 2.05) is 36.5 Å². The molecule has 5 heteroatoms. The quantitative estimate of drug-likeness (QED) is 0.855. The molecule has 1 N–H and O–H groups in total. The van der Waals surface area contributed by atoms with Gasteiger partial charge in [-0.25, -0.2) is 0 Å². The molecule has 0 radical (unpaired) electrons. The van der Waals surface area contributed by atoms with Gasteiger partial charge in [-0.3, -0.25) is 9.67 Å². The zero-order chi connectivity index (χ0) is 13.7. The second-order valence-electron chi connectivity index (χ2n) is 4.66. The Bertz CT molecular complexity index is 520. The summed E-state index contributed by atoms with van der Waals surface area (Å²) in [4.78, 5) is 6.44. The Morgan fingerprint density at radius 2 is 2.21 bits per heavy atom. The molecule has 0 atom stereocenters. The van der Waals surface area contributed by atoms with Crippen molar-refractivity contribution < 1.29 is 0 Å². The normalized spacial score (nSPS) is 10.7. The van der Waals surface area contributed by atoms with Crippen LogP contribution in [0.2, 0.25) is 0 Å². The lowest BCUT2D eigenvalue weighted by molar-refractivity contribution is 0.722. The van der Waals surface area contributed by atoms with Crippen LogP contribution >= 0.6 is 0 Å². The number of rotatable bonds is 6. The highest BCUT2D eigenvalue weighted by atomic mass is 15.2. The van der Waals surface area contributed by atoms with E-state index < -0.39 is 0 Å². The van der Waals surface area contributed by atoms with Gasteiger partial charge in [0.2, 0.25) is 0 Å². The second-order valence-corrected chi connectivity index (χ2v) is 4.66. The van der Waals surface area contributed by atoms with Crippen molar-refractivity contribution in [1.29, 1.82) is 0 Å². The third-order valence-corrected chi connectivity index (χ3v) is 3.04. The van der Waals surface area contributed by atoms with E-state index in [4.69, 9.17) is 0 Å². The van der Waals surface area contributed by atoms with Crippen LogP contribution in [0.25, 0.3) is 0 Å². The van der Waals surface area contributed by atoms with Gasteiger partial charge in [0.05, 0.1) is 18.1 Å². The summed E-state index contributed by atoms with van der Waals surface area (Å²) in [7, 11) is 4.02. The van der Waals surface area contributed by atoms with Gasteiger partial charge in [0, 0.05) is 45.1 Å². The van der Waals surface area contributed by atoms with Crippen LogP contribution in [-0.2, 0) is 20.1 Å². The minimum atomic E-state index is 0.832. The maximum absolute atomic E-state index is 4.23. The van der Waals surface area contributed by atoms with Gasteiger partial charge in [-0.1, -0.05) is 6.92 Å². The first-order valence-corrected chi connectivity index (χ1v) is 6.53. The molecule has 0 saturated carbocycles. The first-order valence-electron chi connectivity index (χ1n) is 6.53. The average molecular weight is 259 g/mol. The van der Waals surface area contributed by atoms with E-state index in [0.717, 1.165) is 25.3 Å². The molecular formula is C14H21N5. The van der Waals surface area contributed by atoms with Crippen LogP contribution in [0, 0.1) is 0 Å². The standard InChI is InChI=1S/C14H21N5/c1-4-15-8-13-5-6-16-9-14(13)18(2)10-12-7-17-19(3)11-12/h5-7,9,11,15H,4,8,10H2,1-3H3. The third kappa shape index (κ3) is 3.54. The van der Waals surface area contributed by atoms with Gasteiger partial charge < -0.3 is 10.2 Å². The molecule has 0 aliphatic carbocycles. The maximum Gasteiger partial charge on any atom is 0.0598 e. The van der Waals surface area contributed by atoms with Gasteiger partial charge in [0.15, 0.2) is 0 Å². The van der Waals surface area contributed by atoms with Crippen LogP contribution in [-0.4, -0.2) is 28.4 Å². The first kappa shape index (κ1) is 13.5. The predicted molar refractivity (Wildman–Crippen MR) is 76.9 cm³/mol. The summed E-state index contributed by atoms with van der Waals surface area (Å²) in [5.41, 5.74) is 3.62. The van der Waals surface area contributed by atoms with E-state index in [9.17, 15) is 0 Å². The molecule has 0 aliphatic heterocycles. The van der Waals surface area contributed by atoms with E-state index >= 15 is 0 Å². The summed E-state index contributed by atoms with van der Waals surface area (Å²) in [6.45, 7) is 4.78. The Labute approximate surface area is 114 Å². The molecule has 0 fully saturated rings. The van der Waals surface area contributed by atoms with Crippen molar-refractivity contribution >= 4 is 5.69 Å². The van der Waals surface area contributed by atoms with Crippen LogP contribution in [0.3, 0.4) is 0 Å². The summed E-state index contributed by atoms with van der Waals surface area (Å²) < 4.78 is 1.83. The number of hydrogen-bond acceptors (Lipinski definition) is 4. The fourth-order valence-electron chi connectivity index (χ4n) is 2.08. The zero-order valence-corrected chi connectivity index (χ0v) is 11.8. The van der Waals surface area contributed by atoms with Gasteiger partial charge >= 0.3 is 0 Å². The average Bonchev–Trinajstić information content (AvgIpc) is 2.82. The van der Waals surface area contributed by atoms with Crippen molar-refractivity contribution in [1.82, 2.24) is 20.1 Å². The molecule has 102 valence electrons. The minimum absolute atomic E-state index is 0.832. The Hall–Kier alpha value is -1.88. The molecule has 19 heavy (non-hydrogen) atoms. The topological polar surface area (TPSA) is 46.0 Å². The SMILES string of the molecule is CCNCc1ccncc1N(C)Cc1cnn(C)c1. The fraction of sp³-hybridized carbons (Fsp3) is 0.429. The number of aryl methyl sites for hydroxylation is 1. The smallest absolute Gasteiger partial charge is 0.0598 e. The van der Waals surface area contributed by atoms with Gasteiger partial charge in [-0.05, 0) is 18.2 Å². The summed E-state index contributed by atoms with van der Waals surface area (Å²) in [6, 6.07) is 2.07. The van der Waals surface area contributed by atoms with Crippen LogP contribution in [0.4, 0.5) is 5.69 Å². The van der Waals surface area contributed by atoms with E-state index in [1.54, 1.807) is 0 Å². The lowest BCUT2D eigenvalue weighted by atomic mass is 10.2. The van der Waals surface area contributed by atoms with Crippen LogP contribution in [0.1, 0.15) is 18.1 Å². The predicted octanol–water partition coefficient (Wildman–Crippen LogP) is 1.56. The Kier molecular flexibility index (Phi) is 4.52. The zero-order valence-electron chi connectivity index (χ0n) is 11.8. The fourth-order valence-corrected chi connectivity index (χ4v) is 2.08. The molecule has 0 unspecified atom stereocenters. The third-order valence-electron chi connectivity index (χ3n) is 3.04. The van der Waals surface area contributed by atoms with Crippen LogP contribution in [0.15, 0.2) is 30.9 Å². The molecule has 0 aromatic carbocycles. The summed E-state index contributed by atoms with van der Waals surface area (Å²) >= 11 is 0. The Balaban J connectivity index is 2.11. The number of anilines is 1. The van der Waals surface area contributed by atoms with Crippen molar-refractivity contribution in [3.63, 3.8) is 0 Å². The number of pyridine rings is 1. The van der Waals surface area contributed by atoms with Crippen LogP contribution < -0.4 is 10.2 Å². The number of nitrogens with zero attached hydrogens (tertiary/aromatic N) is 4. The second kappa shape index (κ2) is 6.33. The molecule has 0 aliphatic rings. The largest absolute Gasteiger partial charge is 0.369 e. The molecule has 0 bridgehead atoms. The summed E-state index contributed by atoms with van der Waals surface area (Å²) in [5, 5.41) is 7.55. The number of nitrogens with one attached hydrogen (secondary N) is 1. The highest BCUT2D eigenvalue weighted by Gasteiger charge is 2.08. The molecule has 2 aromatic heterocycles. The molecular weight excluding hydrogens is 238 g/mol. The summed E-state index contributed by atoms with van der Waals surface area (Å²) in [5.74, 6) is 0. The Morgan fingerprint density at radius 1 is 1.37 bits per heavy atom. The van der Waals surface area contributed by atoms with Crippen molar-refractivity contribution in [2.75, 3.05) is 18.5 Å². The molecule has 2 heterocycles. The molecule has 0 saturated heterocycles. The maximum atomic E-state index is 4.23. The van der Waals surface area contributed by atoms with E-state index in [-0.39, 0.29) is 0 Å². The molecule has 2 aromatic rings. The van der Waals surface area contributed by atoms with E-state index in [1.165, 1.54) is 11.1 Å². The lowest BCUT2D eigenvalue weighted by Crippen LogP contribution is -2.20. The summed E-state index contributed by atoms with van der Waals surface area (Å²) in [6.07, 6.45) is 7.70. The highest BCUT2D eigenvalue weighted by Crippen LogP contribution is 2.19. The molecule has 5 nitrogen and oxygen atoms in total. The Morgan fingerprint density at radius 3 is 2.89 bits per heavy atom. The molecule has 0 amide bonds.